The van der Waals surface area contributed by atoms with E-state index < -0.39 is 11.7 Å². The van der Waals surface area contributed by atoms with Gasteiger partial charge in [-0.05, 0) is 50.5 Å². The third-order valence-electron chi connectivity index (χ3n) is 7.16. The molecule has 198 valence electrons. The second kappa shape index (κ2) is 10.5. The molecule has 10 heteroatoms. The van der Waals surface area contributed by atoms with Crippen molar-refractivity contribution in [3.05, 3.63) is 59.7 Å². The average molecular weight is 533 g/mol. The highest BCUT2D eigenvalue weighted by molar-refractivity contribution is 7.22. The Hall–Kier alpha value is -2.85. The van der Waals surface area contributed by atoms with Crippen LogP contribution in [-0.2, 0) is 17.5 Å². The summed E-state index contributed by atoms with van der Waals surface area (Å²) in [7, 11) is 0. The summed E-state index contributed by atoms with van der Waals surface area (Å²) in [5.74, 6) is 0. The summed E-state index contributed by atoms with van der Waals surface area (Å²) < 4.78 is 45.7. The van der Waals surface area contributed by atoms with Crippen LogP contribution in [0.1, 0.15) is 37.8 Å². The predicted molar refractivity (Wildman–Crippen MR) is 139 cm³/mol. The molecule has 0 radical (unpaired) electrons. The van der Waals surface area contributed by atoms with Crippen molar-refractivity contribution in [2.24, 2.45) is 0 Å². The first kappa shape index (κ1) is 25.8. The number of likely N-dealkylation sites (tertiary alicyclic amines) is 1. The molecular formula is C27H31F3N4O2S. The largest absolute Gasteiger partial charge is 0.446 e. The number of rotatable bonds is 4. The summed E-state index contributed by atoms with van der Waals surface area (Å²) >= 11 is 1.25. The Morgan fingerprint density at radius 1 is 1.05 bits per heavy atom. The van der Waals surface area contributed by atoms with Gasteiger partial charge in [-0.3, -0.25) is 9.80 Å². The summed E-state index contributed by atoms with van der Waals surface area (Å²) in [6.07, 6.45) is -3.14. The summed E-state index contributed by atoms with van der Waals surface area (Å²) in [5.41, 5.74) is 1.16. The predicted octanol–water partition coefficient (Wildman–Crippen LogP) is 6.02. The lowest BCUT2D eigenvalue weighted by molar-refractivity contribution is -0.137. The third-order valence-corrected chi connectivity index (χ3v) is 8.23. The lowest BCUT2D eigenvalue weighted by atomic mass is 10.1. The molecule has 3 aromatic rings. The first-order chi connectivity index (χ1) is 17.7. The molecule has 2 aliphatic heterocycles. The number of nitrogens with zero attached hydrogens (tertiary/aromatic N) is 4. The Bertz CT molecular complexity index is 1220. The summed E-state index contributed by atoms with van der Waals surface area (Å²) in [6, 6.07) is 13.8. The van der Waals surface area contributed by atoms with Gasteiger partial charge in [0.2, 0.25) is 0 Å². The number of hydrogen-bond acceptors (Lipinski definition) is 6. The standard InChI is InChI=1S/C27H31F3N4O2S/c1-18-15-33(25-31-23-9-8-21(27(28,29)30)14-24(23)37-25)16-19(2)34(18)26(35)36-22-10-12-32(13-11-22)17-20-6-4-3-5-7-20/h3-9,14,18-19,22H,10-13,15-17H2,1-2H3/t18-,19+. The number of amides is 1. The van der Waals surface area contributed by atoms with Gasteiger partial charge in [-0.15, -0.1) is 0 Å². The molecule has 37 heavy (non-hydrogen) atoms. The molecule has 0 unspecified atom stereocenters. The number of alkyl halides is 3. The molecule has 1 aromatic heterocycles. The number of carbonyl (C=O) groups excluding carboxylic acids is 1. The molecule has 0 aliphatic carbocycles. The molecule has 0 N–H and O–H groups in total. The van der Waals surface area contributed by atoms with Gasteiger partial charge in [0.05, 0.1) is 27.9 Å². The minimum absolute atomic E-state index is 0.0935. The van der Waals surface area contributed by atoms with Crippen molar-refractivity contribution < 1.29 is 22.7 Å². The maximum atomic E-state index is 13.1. The molecule has 2 aromatic carbocycles. The monoisotopic (exact) mass is 532 g/mol. The molecule has 5 rings (SSSR count). The van der Waals surface area contributed by atoms with Gasteiger partial charge in [-0.1, -0.05) is 41.7 Å². The van der Waals surface area contributed by atoms with Gasteiger partial charge in [0.1, 0.15) is 6.10 Å². The van der Waals surface area contributed by atoms with E-state index in [0.717, 1.165) is 44.6 Å². The number of anilines is 1. The van der Waals surface area contributed by atoms with Crippen molar-refractivity contribution in [1.29, 1.82) is 0 Å². The number of aromatic nitrogens is 1. The minimum Gasteiger partial charge on any atom is -0.446 e. The second-order valence-corrected chi connectivity index (χ2v) is 11.0. The van der Waals surface area contributed by atoms with E-state index in [1.807, 2.05) is 32.0 Å². The summed E-state index contributed by atoms with van der Waals surface area (Å²) in [4.78, 5) is 23.9. The Kier molecular flexibility index (Phi) is 7.31. The van der Waals surface area contributed by atoms with Crippen LogP contribution in [0.15, 0.2) is 48.5 Å². The maximum Gasteiger partial charge on any atom is 0.416 e. The first-order valence-electron chi connectivity index (χ1n) is 12.7. The number of fused-ring (bicyclic) bond motifs is 1. The van der Waals surface area contributed by atoms with Crippen molar-refractivity contribution >= 4 is 32.8 Å². The molecule has 2 saturated heterocycles. The van der Waals surface area contributed by atoms with Crippen LogP contribution in [0.2, 0.25) is 0 Å². The van der Waals surface area contributed by atoms with Crippen LogP contribution in [0.3, 0.4) is 0 Å². The number of ether oxygens (including phenoxy) is 1. The Labute approximate surface area is 218 Å². The first-order valence-corrected chi connectivity index (χ1v) is 13.5. The fourth-order valence-corrected chi connectivity index (χ4v) is 6.32. The highest BCUT2D eigenvalue weighted by Crippen LogP contribution is 2.36. The highest BCUT2D eigenvalue weighted by atomic mass is 32.1. The molecule has 0 bridgehead atoms. The number of piperidine rings is 1. The van der Waals surface area contributed by atoms with E-state index in [0.29, 0.717) is 28.4 Å². The normalized spacial score (nSPS) is 22.0. The Morgan fingerprint density at radius 3 is 2.38 bits per heavy atom. The zero-order valence-corrected chi connectivity index (χ0v) is 21.8. The van der Waals surface area contributed by atoms with Crippen molar-refractivity contribution in [1.82, 2.24) is 14.8 Å². The maximum absolute atomic E-state index is 13.1. The van der Waals surface area contributed by atoms with Crippen LogP contribution in [0.5, 0.6) is 0 Å². The zero-order chi connectivity index (χ0) is 26.2. The van der Waals surface area contributed by atoms with E-state index in [1.165, 1.54) is 23.0 Å². The molecule has 3 heterocycles. The minimum atomic E-state index is -4.38. The molecule has 0 saturated carbocycles. The van der Waals surface area contributed by atoms with Gasteiger partial charge < -0.3 is 9.64 Å². The van der Waals surface area contributed by atoms with Crippen LogP contribution in [-0.4, -0.2) is 65.2 Å². The van der Waals surface area contributed by atoms with Crippen molar-refractivity contribution in [2.45, 2.75) is 57.6 Å². The topological polar surface area (TPSA) is 48.9 Å². The van der Waals surface area contributed by atoms with Crippen molar-refractivity contribution in [3.63, 3.8) is 0 Å². The Morgan fingerprint density at radius 2 is 1.73 bits per heavy atom. The average Bonchev–Trinajstić information content (AvgIpc) is 3.29. The van der Waals surface area contributed by atoms with Gasteiger partial charge >= 0.3 is 12.3 Å². The van der Waals surface area contributed by atoms with Gasteiger partial charge in [0.15, 0.2) is 5.13 Å². The van der Waals surface area contributed by atoms with Crippen LogP contribution >= 0.6 is 11.3 Å². The molecule has 6 nitrogen and oxygen atoms in total. The number of hydrogen-bond donors (Lipinski definition) is 0. The van der Waals surface area contributed by atoms with E-state index in [-0.39, 0.29) is 24.3 Å². The van der Waals surface area contributed by atoms with Crippen LogP contribution in [0, 0.1) is 0 Å². The van der Waals surface area contributed by atoms with Gasteiger partial charge in [0.25, 0.3) is 0 Å². The number of benzene rings is 2. The fourth-order valence-electron chi connectivity index (χ4n) is 5.29. The highest BCUT2D eigenvalue weighted by Gasteiger charge is 2.37. The quantitative estimate of drug-likeness (QED) is 0.412. The fraction of sp³-hybridized carbons (Fsp3) is 0.481. The number of piperazine rings is 1. The van der Waals surface area contributed by atoms with E-state index in [1.54, 1.807) is 4.90 Å². The van der Waals surface area contributed by atoms with Gasteiger partial charge in [-0.2, -0.15) is 13.2 Å². The number of thiazole rings is 1. The third kappa shape index (κ3) is 5.85. The smallest absolute Gasteiger partial charge is 0.416 e. The molecule has 2 fully saturated rings. The molecule has 2 aliphatic rings. The number of halogens is 3. The van der Waals surface area contributed by atoms with Crippen molar-refractivity contribution in [3.8, 4) is 0 Å². The van der Waals surface area contributed by atoms with Gasteiger partial charge in [-0.25, -0.2) is 9.78 Å². The lowest BCUT2D eigenvalue weighted by Crippen LogP contribution is -2.59. The zero-order valence-electron chi connectivity index (χ0n) is 20.9. The van der Waals surface area contributed by atoms with Crippen LogP contribution in [0.25, 0.3) is 10.2 Å². The number of carbonyl (C=O) groups is 1. The molecular weight excluding hydrogens is 501 g/mol. The molecule has 0 spiro atoms. The second-order valence-electron chi connectivity index (χ2n) is 10.0. The SMILES string of the molecule is C[C@@H]1CN(c2nc3ccc(C(F)(F)F)cc3s2)C[C@H](C)N1C(=O)OC1CCN(Cc2ccccc2)CC1. The lowest BCUT2D eigenvalue weighted by Gasteiger charge is -2.44. The summed E-state index contributed by atoms with van der Waals surface area (Å²) in [5, 5.41) is 0.673. The molecule has 2 atom stereocenters. The van der Waals surface area contributed by atoms with Crippen molar-refractivity contribution in [2.75, 3.05) is 31.1 Å². The Balaban J connectivity index is 1.16. The van der Waals surface area contributed by atoms with E-state index >= 15 is 0 Å². The van der Waals surface area contributed by atoms with Crippen LogP contribution in [0.4, 0.5) is 23.1 Å². The van der Waals surface area contributed by atoms with Crippen LogP contribution < -0.4 is 4.90 Å². The van der Waals surface area contributed by atoms with E-state index in [4.69, 9.17) is 4.74 Å². The molecule has 1 amide bonds. The van der Waals surface area contributed by atoms with Gasteiger partial charge in [0, 0.05) is 32.7 Å². The van der Waals surface area contributed by atoms with E-state index in [9.17, 15) is 18.0 Å². The van der Waals surface area contributed by atoms with E-state index in [2.05, 4.69) is 26.9 Å². The summed E-state index contributed by atoms with van der Waals surface area (Å²) in [6.45, 7) is 7.71.